The summed E-state index contributed by atoms with van der Waals surface area (Å²) < 4.78 is 43.9. The molecule has 1 N–H and O–H groups in total. The molecule has 0 aromatic heterocycles. The Hall–Kier alpha value is -2.33. The predicted molar refractivity (Wildman–Crippen MR) is 114 cm³/mol. The van der Waals surface area contributed by atoms with Crippen LogP contribution in [-0.4, -0.2) is 85.0 Å². The van der Waals surface area contributed by atoms with E-state index in [1.165, 1.54) is 5.56 Å². The van der Waals surface area contributed by atoms with Crippen molar-refractivity contribution >= 4 is 11.9 Å². The largest absolute Gasteiger partial charge is 0.490 e. The first-order valence-electron chi connectivity index (χ1n) is 11.1. The highest BCUT2D eigenvalue weighted by Crippen LogP contribution is 2.46. The number of hydrogen-bond donors (Lipinski definition) is 1. The lowest BCUT2D eigenvalue weighted by molar-refractivity contribution is -0.192. The number of para-hydroxylation sites is 1. The number of ether oxygens (including phenoxy) is 2. The third kappa shape index (κ3) is 6.38. The fourth-order valence-electron chi connectivity index (χ4n) is 4.73. The van der Waals surface area contributed by atoms with Crippen LogP contribution in [0.2, 0.25) is 0 Å². The minimum Gasteiger partial charge on any atom is -0.487 e. The molecular formula is C23H31F3N2O5. The molecule has 2 saturated heterocycles. The Morgan fingerprint density at radius 2 is 1.85 bits per heavy atom. The number of rotatable bonds is 3. The molecule has 3 aliphatic rings. The van der Waals surface area contributed by atoms with Crippen LogP contribution in [0.5, 0.6) is 5.75 Å². The zero-order valence-corrected chi connectivity index (χ0v) is 18.9. The quantitative estimate of drug-likeness (QED) is 0.728. The van der Waals surface area contributed by atoms with Crippen molar-refractivity contribution in [1.29, 1.82) is 0 Å². The first-order valence-corrected chi connectivity index (χ1v) is 11.1. The maximum absolute atomic E-state index is 12.4. The number of hydrogen-bond acceptors (Lipinski definition) is 5. The fraction of sp³-hybridized carbons (Fsp3) is 0.652. The molecule has 184 valence electrons. The normalized spacial score (nSPS) is 24.3. The van der Waals surface area contributed by atoms with Crippen LogP contribution in [0.25, 0.3) is 0 Å². The van der Waals surface area contributed by atoms with E-state index in [1.807, 2.05) is 20.2 Å². The summed E-state index contributed by atoms with van der Waals surface area (Å²) in [4.78, 5) is 25.6. The van der Waals surface area contributed by atoms with Crippen LogP contribution in [0.15, 0.2) is 24.3 Å². The van der Waals surface area contributed by atoms with Gasteiger partial charge in [-0.1, -0.05) is 18.2 Å². The Balaban J connectivity index is 0.000000383. The minimum atomic E-state index is -5.08. The van der Waals surface area contributed by atoms with Crippen molar-refractivity contribution in [2.24, 2.45) is 0 Å². The van der Waals surface area contributed by atoms with Crippen LogP contribution >= 0.6 is 0 Å². The number of amides is 1. The first kappa shape index (κ1) is 25.3. The molecule has 0 radical (unpaired) electrons. The Morgan fingerprint density at radius 3 is 2.39 bits per heavy atom. The van der Waals surface area contributed by atoms with Crippen LogP contribution in [-0.2, 0) is 14.3 Å². The second-order valence-electron chi connectivity index (χ2n) is 9.07. The van der Waals surface area contributed by atoms with Gasteiger partial charge >= 0.3 is 12.1 Å². The average molecular weight is 473 g/mol. The van der Waals surface area contributed by atoms with E-state index >= 15 is 0 Å². The van der Waals surface area contributed by atoms with Gasteiger partial charge in [0.25, 0.3) is 0 Å². The topological polar surface area (TPSA) is 79.3 Å². The zero-order chi connectivity index (χ0) is 24.2. The number of alkyl halides is 3. The van der Waals surface area contributed by atoms with Crippen LogP contribution < -0.4 is 4.74 Å². The van der Waals surface area contributed by atoms with Crippen molar-refractivity contribution in [2.45, 2.75) is 55.8 Å². The number of benzene rings is 1. The summed E-state index contributed by atoms with van der Waals surface area (Å²) in [6, 6.07) is 8.86. The minimum absolute atomic E-state index is 0.123. The van der Waals surface area contributed by atoms with Crippen molar-refractivity contribution in [2.75, 3.05) is 40.4 Å². The summed E-state index contributed by atoms with van der Waals surface area (Å²) in [6.45, 7) is 3.89. The van der Waals surface area contributed by atoms with Crippen LogP contribution in [0.1, 0.15) is 43.6 Å². The number of carboxylic acids is 1. The number of halogens is 3. The summed E-state index contributed by atoms with van der Waals surface area (Å²) in [5.74, 6) is -1.33. The van der Waals surface area contributed by atoms with Crippen LogP contribution in [0.4, 0.5) is 13.2 Å². The van der Waals surface area contributed by atoms with Crippen molar-refractivity contribution < 1.29 is 37.3 Å². The molecule has 1 aromatic rings. The molecule has 7 nitrogen and oxygen atoms in total. The number of aliphatic carboxylic acids is 1. The number of likely N-dealkylation sites (tertiary alicyclic amines) is 1. The lowest BCUT2D eigenvalue weighted by atomic mass is 9.76. The van der Waals surface area contributed by atoms with Crippen molar-refractivity contribution in [1.82, 2.24) is 9.80 Å². The molecule has 2 unspecified atom stereocenters. The average Bonchev–Trinajstić information content (AvgIpc) is 3.29. The molecule has 1 spiro atoms. The molecule has 2 atom stereocenters. The van der Waals surface area contributed by atoms with Gasteiger partial charge in [-0.15, -0.1) is 0 Å². The SMILES string of the molecule is CN(C)C(=O)CC1CC2(CCN(C3CCOC3)CC2)Oc2ccccc21.O=C(O)C(F)(F)F. The van der Waals surface area contributed by atoms with Gasteiger partial charge in [0.05, 0.1) is 6.61 Å². The Labute approximate surface area is 191 Å². The van der Waals surface area contributed by atoms with E-state index in [4.69, 9.17) is 19.4 Å². The van der Waals surface area contributed by atoms with Crippen molar-refractivity contribution in [3.8, 4) is 5.75 Å². The fourth-order valence-corrected chi connectivity index (χ4v) is 4.73. The summed E-state index contributed by atoms with van der Waals surface area (Å²) >= 11 is 0. The highest BCUT2D eigenvalue weighted by atomic mass is 19.4. The molecule has 0 aliphatic carbocycles. The lowest BCUT2D eigenvalue weighted by Crippen LogP contribution is -2.53. The number of carbonyl (C=O) groups is 2. The highest BCUT2D eigenvalue weighted by Gasteiger charge is 2.44. The van der Waals surface area contributed by atoms with E-state index in [1.54, 1.807) is 4.90 Å². The molecule has 1 aromatic carbocycles. The van der Waals surface area contributed by atoms with E-state index < -0.39 is 12.1 Å². The molecule has 0 bridgehead atoms. The number of carboxylic acid groups (broad SMARTS) is 1. The van der Waals surface area contributed by atoms with Gasteiger partial charge in [0.2, 0.25) is 5.91 Å². The molecule has 33 heavy (non-hydrogen) atoms. The molecule has 2 fully saturated rings. The maximum atomic E-state index is 12.4. The third-order valence-electron chi connectivity index (χ3n) is 6.60. The molecule has 10 heteroatoms. The van der Waals surface area contributed by atoms with Crippen LogP contribution in [0, 0.1) is 0 Å². The molecule has 3 aliphatic heterocycles. The third-order valence-corrected chi connectivity index (χ3v) is 6.60. The predicted octanol–water partition coefficient (Wildman–Crippen LogP) is 3.29. The van der Waals surface area contributed by atoms with E-state index in [0.717, 1.165) is 57.7 Å². The number of piperidine rings is 1. The van der Waals surface area contributed by atoms with Crippen LogP contribution in [0.3, 0.4) is 0 Å². The van der Waals surface area contributed by atoms with E-state index in [0.29, 0.717) is 12.5 Å². The second kappa shape index (κ2) is 10.3. The van der Waals surface area contributed by atoms with Gasteiger partial charge in [0.1, 0.15) is 11.4 Å². The summed E-state index contributed by atoms with van der Waals surface area (Å²) in [5, 5.41) is 7.12. The van der Waals surface area contributed by atoms with E-state index in [9.17, 15) is 18.0 Å². The number of fused-ring (bicyclic) bond motifs is 1. The highest BCUT2D eigenvalue weighted by molar-refractivity contribution is 5.76. The van der Waals surface area contributed by atoms with E-state index in [-0.39, 0.29) is 17.4 Å². The van der Waals surface area contributed by atoms with Gasteiger partial charge in [-0.3, -0.25) is 9.69 Å². The van der Waals surface area contributed by atoms with Gasteiger partial charge in [0.15, 0.2) is 0 Å². The summed E-state index contributed by atoms with van der Waals surface area (Å²) in [6.07, 6.45) is -0.362. The summed E-state index contributed by atoms with van der Waals surface area (Å²) in [5.41, 5.74) is 1.07. The number of carbonyl (C=O) groups excluding carboxylic acids is 1. The lowest BCUT2D eigenvalue weighted by Gasteiger charge is -2.48. The van der Waals surface area contributed by atoms with Gasteiger partial charge < -0.3 is 19.5 Å². The second-order valence-corrected chi connectivity index (χ2v) is 9.07. The standard InChI is InChI=1S/C21H30N2O3.C2HF3O2/c1-22(2)20(24)13-16-14-21(26-19-6-4-3-5-18(16)19)8-10-23(11-9-21)17-7-12-25-15-17;3-2(4,5)1(6)7/h3-6,16-17H,7-15H2,1-2H3;(H,6,7). The van der Waals surface area contributed by atoms with Gasteiger partial charge in [0, 0.05) is 52.2 Å². The molecule has 4 rings (SSSR count). The number of nitrogens with zero attached hydrogens (tertiary/aromatic N) is 2. The van der Waals surface area contributed by atoms with E-state index in [2.05, 4.69) is 23.1 Å². The zero-order valence-electron chi connectivity index (χ0n) is 18.9. The first-order chi connectivity index (χ1) is 15.5. The van der Waals surface area contributed by atoms with Gasteiger partial charge in [-0.25, -0.2) is 4.79 Å². The Morgan fingerprint density at radius 1 is 1.21 bits per heavy atom. The van der Waals surface area contributed by atoms with Gasteiger partial charge in [-0.05, 0) is 37.3 Å². The Kier molecular flexibility index (Phi) is 7.89. The van der Waals surface area contributed by atoms with Crippen molar-refractivity contribution in [3.05, 3.63) is 29.8 Å². The monoisotopic (exact) mass is 472 g/mol. The summed E-state index contributed by atoms with van der Waals surface area (Å²) in [7, 11) is 3.68. The molecule has 3 heterocycles. The molecular weight excluding hydrogens is 441 g/mol. The van der Waals surface area contributed by atoms with Crippen molar-refractivity contribution in [3.63, 3.8) is 0 Å². The Bertz CT molecular complexity index is 832. The smallest absolute Gasteiger partial charge is 0.487 e. The maximum Gasteiger partial charge on any atom is 0.490 e. The molecule has 0 saturated carbocycles. The molecule has 1 amide bonds. The van der Waals surface area contributed by atoms with Gasteiger partial charge in [-0.2, -0.15) is 13.2 Å².